The van der Waals surface area contributed by atoms with Gasteiger partial charge < -0.3 is 14.8 Å². The molecular formula is C22H19N3O5S. The molecule has 0 saturated carbocycles. The summed E-state index contributed by atoms with van der Waals surface area (Å²) in [5.74, 6) is 0.388. The van der Waals surface area contributed by atoms with E-state index in [2.05, 4.69) is 10.6 Å². The zero-order valence-corrected chi connectivity index (χ0v) is 17.3. The molecule has 8 nitrogen and oxygen atoms in total. The van der Waals surface area contributed by atoms with E-state index in [1.807, 2.05) is 30.3 Å². The average molecular weight is 437 g/mol. The van der Waals surface area contributed by atoms with E-state index in [-0.39, 0.29) is 16.5 Å². The van der Waals surface area contributed by atoms with Crippen LogP contribution in [0.15, 0.2) is 72.8 Å². The van der Waals surface area contributed by atoms with E-state index < -0.39 is 10.8 Å². The van der Waals surface area contributed by atoms with E-state index in [1.165, 1.54) is 19.2 Å². The predicted octanol–water partition coefficient (Wildman–Crippen LogP) is 4.31. The van der Waals surface area contributed by atoms with Gasteiger partial charge >= 0.3 is 0 Å². The summed E-state index contributed by atoms with van der Waals surface area (Å²) in [4.78, 5) is 23.3. The number of methoxy groups -OCH3 is 1. The lowest BCUT2D eigenvalue weighted by Gasteiger charge is -2.11. The Kier molecular flexibility index (Phi) is 7.13. The monoisotopic (exact) mass is 437 g/mol. The first-order chi connectivity index (χ1) is 15.0. The normalized spacial score (nSPS) is 10.1. The Hall–Kier alpha value is -3.98. The van der Waals surface area contributed by atoms with Crippen LogP contribution >= 0.6 is 12.2 Å². The number of benzene rings is 3. The summed E-state index contributed by atoms with van der Waals surface area (Å²) >= 11 is 5.14. The first kappa shape index (κ1) is 21.7. The summed E-state index contributed by atoms with van der Waals surface area (Å²) in [6.07, 6.45) is 0. The van der Waals surface area contributed by atoms with Crippen LogP contribution in [0.4, 0.5) is 11.4 Å². The molecule has 0 aliphatic rings. The molecule has 0 aromatic heterocycles. The third kappa shape index (κ3) is 6.00. The number of carbonyl (C=O) groups excluding carboxylic acids is 1. The molecule has 0 aliphatic carbocycles. The topological polar surface area (TPSA) is 103 Å². The van der Waals surface area contributed by atoms with Crippen molar-refractivity contribution < 1.29 is 19.2 Å². The van der Waals surface area contributed by atoms with Crippen LogP contribution in [0.2, 0.25) is 0 Å². The van der Waals surface area contributed by atoms with Crippen LogP contribution in [0.1, 0.15) is 15.9 Å². The van der Waals surface area contributed by atoms with Gasteiger partial charge in [-0.25, -0.2) is 0 Å². The summed E-state index contributed by atoms with van der Waals surface area (Å²) < 4.78 is 10.7. The van der Waals surface area contributed by atoms with Gasteiger partial charge in [-0.05, 0) is 48.1 Å². The van der Waals surface area contributed by atoms with Crippen molar-refractivity contribution in [1.82, 2.24) is 5.32 Å². The van der Waals surface area contributed by atoms with Gasteiger partial charge in [0.25, 0.3) is 11.6 Å². The molecule has 9 heteroatoms. The van der Waals surface area contributed by atoms with E-state index in [1.54, 1.807) is 30.3 Å². The van der Waals surface area contributed by atoms with Crippen LogP contribution in [0.5, 0.6) is 11.5 Å². The van der Waals surface area contributed by atoms with Crippen molar-refractivity contribution in [2.75, 3.05) is 12.4 Å². The van der Waals surface area contributed by atoms with Crippen molar-refractivity contribution in [3.05, 3.63) is 94.0 Å². The maximum absolute atomic E-state index is 12.5. The van der Waals surface area contributed by atoms with Crippen LogP contribution in [-0.4, -0.2) is 23.1 Å². The van der Waals surface area contributed by atoms with E-state index in [9.17, 15) is 14.9 Å². The van der Waals surface area contributed by atoms with Gasteiger partial charge in [0.15, 0.2) is 5.11 Å². The second kappa shape index (κ2) is 10.2. The highest BCUT2D eigenvalue weighted by Gasteiger charge is 2.17. The van der Waals surface area contributed by atoms with Gasteiger partial charge in [0, 0.05) is 5.56 Å². The lowest BCUT2D eigenvalue weighted by molar-refractivity contribution is -0.384. The Labute approximate surface area is 184 Å². The third-order valence-corrected chi connectivity index (χ3v) is 4.43. The summed E-state index contributed by atoms with van der Waals surface area (Å²) in [6, 6.07) is 20.6. The summed E-state index contributed by atoms with van der Waals surface area (Å²) in [5.41, 5.74) is 1.24. The average Bonchev–Trinajstić information content (AvgIpc) is 2.78. The van der Waals surface area contributed by atoms with E-state index >= 15 is 0 Å². The van der Waals surface area contributed by atoms with Crippen molar-refractivity contribution in [3.63, 3.8) is 0 Å². The minimum Gasteiger partial charge on any atom is -0.496 e. The molecule has 0 bridgehead atoms. The Morgan fingerprint density at radius 2 is 1.81 bits per heavy atom. The quantitative estimate of drug-likeness (QED) is 0.323. The lowest BCUT2D eigenvalue weighted by Crippen LogP contribution is -2.34. The Morgan fingerprint density at radius 3 is 2.52 bits per heavy atom. The fraction of sp³-hybridized carbons (Fsp3) is 0.0909. The van der Waals surface area contributed by atoms with Crippen molar-refractivity contribution in [1.29, 1.82) is 0 Å². The molecule has 158 valence electrons. The molecule has 3 aromatic carbocycles. The second-order valence-electron chi connectivity index (χ2n) is 6.35. The minimum absolute atomic E-state index is 0.0751. The molecule has 0 saturated heterocycles. The number of amides is 1. The molecule has 0 aliphatic heterocycles. The molecule has 0 spiro atoms. The molecule has 3 aromatic rings. The van der Waals surface area contributed by atoms with Crippen LogP contribution in [-0.2, 0) is 6.61 Å². The molecule has 0 heterocycles. The highest BCUT2D eigenvalue weighted by molar-refractivity contribution is 7.80. The fourth-order valence-corrected chi connectivity index (χ4v) is 2.89. The number of anilines is 1. The third-order valence-electron chi connectivity index (χ3n) is 4.22. The van der Waals surface area contributed by atoms with Gasteiger partial charge in [0.1, 0.15) is 23.8 Å². The number of thiocarbonyl (C=S) groups is 1. The number of nitro benzene ring substituents is 1. The van der Waals surface area contributed by atoms with Crippen LogP contribution in [0, 0.1) is 10.1 Å². The smallest absolute Gasteiger partial charge is 0.296 e. The Balaban J connectivity index is 1.64. The maximum atomic E-state index is 12.5. The fourth-order valence-electron chi connectivity index (χ4n) is 2.69. The Morgan fingerprint density at radius 1 is 1.03 bits per heavy atom. The molecule has 3 rings (SSSR count). The predicted molar refractivity (Wildman–Crippen MR) is 121 cm³/mol. The largest absolute Gasteiger partial charge is 0.496 e. The summed E-state index contributed by atoms with van der Waals surface area (Å²) in [5, 5.41) is 16.4. The number of nitrogens with zero attached hydrogens (tertiary/aromatic N) is 1. The van der Waals surface area contributed by atoms with Gasteiger partial charge in [-0.15, -0.1) is 0 Å². The standard InChI is InChI=1S/C22H19N3O5S/c1-29-17-10-11-19(20(13-17)25(27)28)23-22(31)24-21(26)16-8-5-9-18(12-16)30-14-15-6-3-2-4-7-15/h2-13H,14H2,1H3,(H2,23,24,26,31). The van der Waals surface area contributed by atoms with Gasteiger partial charge in [-0.2, -0.15) is 0 Å². The van der Waals surface area contributed by atoms with E-state index in [0.29, 0.717) is 23.7 Å². The zero-order valence-electron chi connectivity index (χ0n) is 16.5. The molecule has 0 atom stereocenters. The number of rotatable bonds is 7. The highest BCUT2D eigenvalue weighted by Crippen LogP contribution is 2.28. The first-order valence-electron chi connectivity index (χ1n) is 9.18. The first-order valence-corrected chi connectivity index (χ1v) is 9.58. The number of hydrogen-bond donors (Lipinski definition) is 2. The minimum atomic E-state index is -0.567. The second-order valence-corrected chi connectivity index (χ2v) is 6.76. The van der Waals surface area contributed by atoms with Gasteiger partial charge in [-0.1, -0.05) is 36.4 Å². The molecule has 2 N–H and O–H groups in total. The summed E-state index contributed by atoms with van der Waals surface area (Å²) in [7, 11) is 1.41. The number of nitro groups is 1. The van der Waals surface area contributed by atoms with Crippen molar-refractivity contribution in [2.24, 2.45) is 0 Å². The molecule has 0 fully saturated rings. The van der Waals surface area contributed by atoms with Crippen LogP contribution in [0.25, 0.3) is 0 Å². The zero-order chi connectivity index (χ0) is 22.2. The number of ether oxygens (including phenoxy) is 2. The lowest BCUT2D eigenvalue weighted by atomic mass is 10.2. The maximum Gasteiger partial charge on any atom is 0.296 e. The number of carbonyl (C=O) groups is 1. The van der Waals surface area contributed by atoms with Crippen LogP contribution in [0.3, 0.4) is 0 Å². The van der Waals surface area contributed by atoms with Crippen molar-refractivity contribution in [2.45, 2.75) is 6.61 Å². The number of hydrogen-bond acceptors (Lipinski definition) is 6. The highest BCUT2D eigenvalue weighted by atomic mass is 32.1. The molecular weight excluding hydrogens is 418 g/mol. The van der Waals surface area contributed by atoms with E-state index in [0.717, 1.165) is 5.56 Å². The molecule has 0 unspecified atom stereocenters. The van der Waals surface area contributed by atoms with E-state index in [4.69, 9.17) is 21.7 Å². The molecule has 1 amide bonds. The van der Waals surface area contributed by atoms with Crippen molar-refractivity contribution >= 4 is 34.6 Å². The van der Waals surface area contributed by atoms with Gasteiger partial charge in [0.2, 0.25) is 0 Å². The molecule has 31 heavy (non-hydrogen) atoms. The Bertz CT molecular complexity index is 1110. The molecule has 0 radical (unpaired) electrons. The summed E-state index contributed by atoms with van der Waals surface area (Å²) in [6.45, 7) is 0.368. The van der Waals surface area contributed by atoms with Crippen LogP contribution < -0.4 is 20.1 Å². The van der Waals surface area contributed by atoms with Gasteiger partial charge in [-0.3, -0.25) is 20.2 Å². The van der Waals surface area contributed by atoms with Crippen molar-refractivity contribution in [3.8, 4) is 11.5 Å². The SMILES string of the molecule is COc1ccc(NC(=S)NC(=O)c2cccc(OCc3ccccc3)c2)c([N+](=O)[O-])c1. The number of nitrogens with one attached hydrogen (secondary N) is 2. The van der Waals surface area contributed by atoms with Gasteiger partial charge in [0.05, 0.1) is 18.1 Å².